The Morgan fingerprint density at radius 3 is 2.35 bits per heavy atom. The van der Waals surface area contributed by atoms with Gasteiger partial charge in [0.1, 0.15) is 0 Å². The van der Waals surface area contributed by atoms with Crippen molar-refractivity contribution >= 4 is 0 Å². The van der Waals surface area contributed by atoms with E-state index in [0.29, 0.717) is 5.92 Å². The molecule has 0 aromatic carbocycles. The maximum absolute atomic E-state index is 3.20. The van der Waals surface area contributed by atoms with Crippen molar-refractivity contribution < 1.29 is 0 Å². The van der Waals surface area contributed by atoms with Crippen LogP contribution in [0.2, 0.25) is 0 Å². The summed E-state index contributed by atoms with van der Waals surface area (Å²) in [6.07, 6.45) is 15.8. The molecule has 0 amide bonds. The van der Waals surface area contributed by atoms with Crippen LogP contribution in [0.1, 0.15) is 53.9 Å². The van der Waals surface area contributed by atoms with E-state index in [1.54, 1.807) is 0 Å². The summed E-state index contributed by atoms with van der Waals surface area (Å²) in [6.45, 7) is 10.3. The van der Waals surface area contributed by atoms with Crippen LogP contribution in [-0.4, -0.2) is 0 Å². The first-order valence-corrected chi connectivity index (χ1v) is 6.72. The average molecular weight is 232 g/mol. The zero-order valence-corrected chi connectivity index (χ0v) is 12.2. The topological polar surface area (TPSA) is 0 Å². The van der Waals surface area contributed by atoms with Gasteiger partial charge in [0.2, 0.25) is 0 Å². The third-order valence-corrected chi connectivity index (χ3v) is 1.88. The molecule has 0 spiro atoms. The number of rotatable bonds is 5. The maximum Gasteiger partial charge on any atom is 0.0354 e. The summed E-state index contributed by atoms with van der Waals surface area (Å²) < 4.78 is 0. The lowest BCUT2D eigenvalue weighted by atomic mass is 10.1. The molecule has 17 heavy (non-hydrogen) atoms. The van der Waals surface area contributed by atoms with Gasteiger partial charge in [-0.2, -0.15) is 0 Å². The van der Waals surface area contributed by atoms with Gasteiger partial charge in [-0.25, -0.2) is 0 Å². The van der Waals surface area contributed by atoms with Gasteiger partial charge < -0.3 is 0 Å². The van der Waals surface area contributed by atoms with Crippen molar-refractivity contribution in [1.29, 1.82) is 0 Å². The highest BCUT2D eigenvalue weighted by atomic mass is 13.9. The summed E-state index contributed by atoms with van der Waals surface area (Å²) >= 11 is 0. The summed E-state index contributed by atoms with van der Waals surface area (Å²) in [7, 11) is 0. The Kier molecular flexibility index (Phi) is 18.3. The summed E-state index contributed by atoms with van der Waals surface area (Å²) in [6, 6.07) is 0. The second kappa shape index (κ2) is 17.2. The molecule has 0 saturated carbocycles. The van der Waals surface area contributed by atoms with E-state index in [9.17, 15) is 0 Å². The third-order valence-electron chi connectivity index (χ3n) is 1.88. The molecule has 0 aliphatic heterocycles. The normalized spacial score (nSPS) is 12.3. The van der Waals surface area contributed by atoms with Crippen molar-refractivity contribution in [2.45, 2.75) is 53.9 Å². The SMILES string of the molecule is C/C=C\C/C=C\CC#CC(C)/C=C\CC.CC. The minimum atomic E-state index is 0.383. The van der Waals surface area contributed by atoms with Crippen molar-refractivity contribution in [3.8, 4) is 11.8 Å². The van der Waals surface area contributed by atoms with E-state index >= 15 is 0 Å². The van der Waals surface area contributed by atoms with Gasteiger partial charge in [0.05, 0.1) is 0 Å². The standard InChI is InChI=1S/C15H22.C2H6/c1-4-6-8-9-10-11-12-14-15(3)13-7-5-2;1-2/h4,6-7,9-10,13,15H,5,8,11H2,1-3H3;1-2H3/b6-4-,10-9-,13-7-;. The third kappa shape index (κ3) is 17.4. The van der Waals surface area contributed by atoms with Crippen LogP contribution in [0.25, 0.3) is 0 Å². The average Bonchev–Trinajstić information content (AvgIpc) is 2.37. The molecule has 96 valence electrons. The van der Waals surface area contributed by atoms with E-state index in [2.05, 4.69) is 62.1 Å². The van der Waals surface area contributed by atoms with Crippen molar-refractivity contribution in [2.24, 2.45) is 5.92 Å². The van der Waals surface area contributed by atoms with Crippen LogP contribution in [0.4, 0.5) is 0 Å². The molecule has 0 aliphatic carbocycles. The monoisotopic (exact) mass is 232 g/mol. The Bertz CT molecular complexity index is 268. The molecule has 0 N–H and O–H groups in total. The summed E-state index contributed by atoms with van der Waals surface area (Å²) in [5.41, 5.74) is 0. The highest BCUT2D eigenvalue weighted by Crippen LogP contribution is 1.96. The van der Waals surface area contributed by atoms with Crippen LogP contribution in [0.3, 0.4) is 0 Å². The van der Waals surface area contributed by atoms with Gasteiger partial charge in [0, 0.05) is 12.3 Å². The smallest absolute Gasteiger partial charge is 0.0354 e. The summed E-state index contributed by atoms with van der Waals surface area (Å²) in [5.74, 6) is 6.74. The molecule has 1 unspecified atom stereocenters. The van der Waals surface area contributed by atoms with E-state index in [-0.39, 0.29) is 0 Å². The van der Waals surface area contributed by atoms with Crippen LogP contribution in [-0.2, 0) is 0 Å². The molecule has 0 aromatic heterocycles. The van der Waals surface area contributed by atoms with Gasteiger partial charge in [-0.15, -0.1) is 0 Å². The van der Waals surface area contributed by atoms with Crippen LogP contribution in [0.15, 0.2) is 36.5 Å². The second-order valence-corrected chi connectivity index (χ2v) is 3.43. The fraction of sp³-hybridized carbons (Fsp3) is 0.529. The van der Waals surface area contributed by atoms with E-state index in [4.69, 9.17) is 0 Å². The fourth-order valence-corrected chi connectivity index (χ4v) is 1.06. The largest absolute Gasteiger partial charge is 0.0986 e. The van der Waals surface area contributed by atoms with Crippen molar-refractivity contribution in [3.63, 3.8) is 0 Å². The van der Waals surface area contributed by atoms with Crippen molar-refractivity contribution in [2.75, 3.05) is 0 Å². The number of hydrogen-bond acceptors (Lipinski definition) is 0. The molecule has 0 heterocycles. The number of hydrogen-bond donors (Lipinski definition) is 0. The Morgan fingerprint density at radius 1 is 1.06 bits per heavy atom. The van der Waals surface area contributed by atoms with Crippen LogP contribution in [0, 0.1) is 17.8 Å². The van der Waals surface area contributed by atoms with Crippen molar-refractivity contribution in [3.05, 3.63) is 36.5 Å². The quantitative estimate of drug-likeness (QED) is 0.432. The van der Waals surface area contributed by atoms with E-state index in [1.807, 2.05) is 20.8 Å². The molecule has 1 atom stereocenters. The minimum Gasteiger partial charge on any atom is -0.0986 e. The lowest BCUT2D eigenvalue weighted by molar-refractivity contribution is 0.966. The maximum atomic E-state index is 3.20. The van der Waals surface area contributed by atoms with Gasteiger partial charge in [0.25, 0.3) is 0 Å². The Balaban J connectivity index is 0. The second-order valence-electron chi connectivity index (χ2n) is 3.43. The van der Waals surface area contributed by atoms with Crippen LogP contribution < -0.4 is 0 Å². The first-order chi connectivity index (χ1) is 8.31. The summed E-state index contributed by atoms with van der Waals surface area (Å²) in [5, 5.41) is 0. The molecular formula is C17H28. The molecule has 0 nitrogen and oxygen atoms in total. The number of allylic oxidation sites excluding steroid dienone is 6. The molecule has 0 aromatic rings. The van der Waals surface area contributed by atoms with Crippen LogP contribution >= 0.6 is 0 Å². The highest BCUT2D eigenvalue weighted by Gasteiger charge is 1.85. The first kappa shape index (κ1) is 18.2. The molecule has 0 fully saturated rings. The lowest BCUT2D eigenvalue weighted by Crippen LogP contribution is -1.81. The molecular weight excluding hydrogens is 204 g/mol. The lowest BCUT2D eigenvalue weighted by Gasteiger charge is -1.91. The van der Waals surface area contributed by atoms with E-state index < -0.39 is 0 Å². The first-order valence-electron chi connectivity index (χ1n) is 6.72. The molecule has 0 rings (SSSR count). The Morgan fingerprint density at radius 2 is 1.76 bits per heavy atom. The zero-order valence-electron chi connectivity index (χ0n) is 12.2. The van der Waals surface area contributed by atoms with Gasteiger partial charge in [-0.05, 0) is 26.7 Å². The van der Waals surface area contributed by atoms with Crippen LogP contribution in [0.5, 0.6) is 0 Å². The van der Waals surface area contributed by atoms with Gasteiger partial charge in [-0.1, -0.05) is 69.1 Å². The predicted molar refractivity (Wildman–Crippen MR) is 80.9 cm³/mol. The molecule has 0 saturated heterocycles. The minimum absolute atomic E-state index is 0.383. The molecule has 0 radical (unpaired) electrons. The van der Waals surface area contributed by atoms with Gasteiger partial charge in [0.15, 0.2) is 0 Å². The molecule has 0 aliphatic rings. The summed E-state index contributed by atoms with van der Waals surface area (Å²) in [4.78, 5) is 0. The predicted octanol–water partition coefficient (Wildman–Crippen LogP) is 5.53. The van der Waals surface area contributed by atoms with Gasteiger partial charge in [-0.3, -0.25) is 0 Å². The zero-order chi connectivity index (χ0) is 13.4. The Labute approximate surface area is 109 Å². The van der Waals surface area contributed by atoms with E-state index in [1.165, 1.54) is 0 Å². The Hall–Kier alpha value is -1.22. The van der Waals surface area contributed by atoms with Crippen molar-refractivity contribution in [1.82, 2.24) is 0 Å². The molecule has 0 bridgehead atoms. The highest BCUT2D eigenvalue weighted by molar-refractivity contribution is 5.12. The fourth-order valence-electron chi connectivity index (χ4n) is 1.06. The van der Waals surface area contributed by atoms with Gasteiger partial charge >= 0.3 is 0 Å². The van der Waals surface area contributed by atoms with E-state index in [0.717, 1.165) is 19.3 Å². The molecule has 0 heteroatoms.